The molecule has 31 heavy (non-hydrogen) atoms. The monoisotopic (exact) mass is 454 g/mol. The molecule has 0 aromatic carbocycles. The second-order valence-corrected chi connectivity index (χ2v) is 8.18. The number of rotatable bonds is 12. The van der Waals surface area contributed by atoms with Crippen molar-refractivity contribution in [1.29, 1.82) is 0 Å². The zero-order valence-electron chi connectivity index (χ0n) is 17.9. The van der Waals surface area contributed by atoms with E-state index in [0.29, 0.717) is 6.61 Å². The minimum Gasteiger partial charge on any atom is -0.394 e. The smallest absolute Gasteiger partial charge is 0.186 e. The molecule has 10 atom stereocenters. The van der Waals surface area contributed by atoms with Gasteiger partial charge in [0.25, 0.3) is 0 Å². The van der Waals surface area contributed by atoms with Crippen LogP contribution in [0.5, 0.6) is 0 Å². The Morgan fingerprint density at radius 3 is 1.74 bits per heavy atom. The predicted octanol–water partition coefficient (Wildman–Crippen LogP) is -2.01. The van der Waals surface area contributed by atoms with Crippen LogP contribution in [0.2, 0.25) is 0 Å². The normalized spacial score (nSPS) is 41.4. The van der Waals surface area contributed by atoms with Gasteiger partial charge in [-0.3, -0.25) is 0 Å². The first-order valence-corrected chi connectivity index (χ1v) is 11.0. The van der Waals surface area contributed by atoms with Gasteiger partial charge in [-0.1, -0.05) is 39.0 Å². The fourth-order valence-electron chi connectivity index (χ4n) is 3.67. The fraction of sp³-hybridized carbons (Fsp3) is 1.00. The summed E-state index contributed by atoms with van der Waals surface area (Å²) in [5.74, 6) is 0. The maximum atomic E-state index is 10.2. The molecule has 0 saturated carbocycles. The molecule has 2 aliphatic rings. The van der Waals surface area contributed by atoms with E-state index >= 15 is 0 Å². The molecule has 0 aliphatic carbocycles. The van der Waals surface area contributed by atoms with E-state index in [1.807, 2.05) is 0 Å². The SMILES string of the molecule is CCCCCCCCO[C@H]1O[C@H](CO[C@H]2O[C@H](CO)[C@@H](O)[C@H](O)[C@@H]2O)[C@H](O)[C@H](O)[C@@H]1O. The van der Waals surface area contributed by atoms with Crippen LogP contribution in [0.25, 0.3) is 0 Å². The van der Waals surface area contributed by atoms with E-state index < -0.39 is 68.0 Å². The highest BCUT2D eigenvalue weighted by atomic mass is 16.7. The summed E-state index contributed by atoms with van der Waals surface area (Å²) in [6.45, 7) is 1.48. The summed E-state index contributed by atoms with van der Waals surface area (Å²) in [7, 11) is 0. The number of ether oxygens (including phenoxy) is 4. The Kier molecular flexibility index (Phi) is 11.5. The maximum absolute atomic E-state index is 10.2. The first-order valence-electron chi connectivity index (χ1n) is 11.0. The molecule has 0 aromatic heterocycles. The van der Waals surface area contributed by atoms with Crippen LogP contribution in [-0.2, 0) is 18.9 Å². The highest BCUT2D eigenvalue weighted by molar-refractivity contribution is 4.91. The van der Waals surface area contributed by atoms with E-state index in [0.717, 1.165) is 32.1 Å². The highest BCUT2D eigenvalue weighted by Gasteiger charge is 2.47. The Morgan fingerprint density at radius 2 is 1.13 bits per heavy atom. The van der Waals surface area contributed by atoms with Crippen LogP contribution in [0.4, 0.5) is 0 Å². The molecule has 0 radical (unpaired) electrons. The van der Waals surface area contributed by atoms with Crippen molar-refractivity contribution in [3.05, 3.63) is 0 Å². The molecule has 0 aromatic rings. The molecule has 7 N–H and O–H groups in total. The van der Waals surface area contributed by atoms with Gasteiger partial charge in [-0.25, -0.2) is 0 Å². The third kappa shape index (κ3) is 7.27. The van der Waals surface area contributed by atoms with Gasteiger partial charge in [0.2, 0.25) is 0 Å². The lowest BCUT2D eigenvalue weighted by Crippen LogP contribution is -2.61. The molecule has 0 spiro atoms. The van der Waals surface area contributed by atoms with Crippen molar-refractivity contribution in [2.24, 2.45) is 0 Å². The van der Waals surface area contributed by atoms with Crippen molar-refractivity contribution in [1.82, 2.24) is 0 Å². The predicted molar refractivity (Wildman–Crippen MR) is 106 cm³/mol. The van der Waals surface area contributed by atoms with E-state index in [1.54, 1.807) is 0 Å². The third-order valence-corrected chi connectivity index (χ3v) is 5.72. The summed E-state index contributed by atoms with van der Waals surface area (Å²) >= 11 is 0. The van der Waals surface area contributed by atoms with Gasteiger partial charge in [0.05, 0.1) is 13.2 Å². The number of aliphatic hydroxyl groups excluding tert-OH is 7. The van der Waals surface area contributed by atoms with Crippen LogP contribution < -0.4 is 0 Å². The topological polar surface area (TPSA) is 179 Å². The van der Waals surface area contributed by atoms with Gasteiger partial charge in [-0.05, 0) is 6.42 Å². The van der Waals surface area contributed by atoms with Crippen LogP contribution in [0.3, 0.4) is 0 Å². The lowest BCUT2D eigenvalue weighted by molar-refractivity contribution is -0.331. The molecule has 0 unspecified atom stereocenters. The lowest BCUT2D eigenvalue weighted by atomic mass is 9.98. The Bertz CT molecular complexity index is 494. The van der Waals surface area contributed by atoms with Crippen molar-refractivity contribution < 1.29 is 54.7 Å². The zero-order valence-corrected chi connectivity index (χ0v) is 17.9. The van der Waals surface area contributed by atoms with E-state index in [9.17, 15) is 35.7 Å². The Labute approximate surface area is 182 Å². The summed E-state index contributed by atoms with van der Waals surface area (Å²) < 4.78 is 21.7. The van der Waals surface area contributed by atoms with Crippen molar-refractivity contribution in [2.45, 2.75) is 107 Å². The molecular weight excluding hydrogens is 416 g/mol. The average Bonchev–Trinajstić information content (AvgIpc) is 2.77. The van der Waals surface area contributed by atoms with Crippen LogP contribution in [-0.4, -0.2) is 117 Å². The molecule has 0 amide bonds. The molecular formula is C20H38O11. The second-order valence-electron chi connectivity index (χ2n) is 8.18. The third-order valence-electron chi connectivity index (χ3n) is 5.72. The standard InChI is InChI=1S/C20H38O11/c1-2-3-4-5-6-7-8-28-19-17(26)16(25)14(23)12(31-19)10-29-20-18(27)15(24)13(22)11(9-21)30-20/h11-27H,2-10H2,1H3/t11-,12-,13-,14+,15+,16+,17+,18+,19+,20+/m1/s1. The van der Waals surface area contributed by atoms with Crippen molar-refractivity contribution in [2.75, 3.05) is 19.8 Å². The molecule has 2 rings (SSSR count). The van der Waals surface area contributed by atoms with Crippen molar-refractivity contribution in [3.8, 4) is 0 Å². The van der Waals surface area contributed by atoms with E-state index in [-0.39, 0.29) is 6.61 Å². The number of hydrogen-bond donors (Lipinski definition) is 7. The lowest BCUT2D eigenvalue weighted by Gasteiger charge is -2.42. The molecule has 0 bridgehead atoms. The molecule has 2 heterocycles. The van der Waals surface area contributed by atoms with Gasteiger partial charge >= 0.3 is 0 Å². The largest absolute Gasteiger partial charge is 0.394 e. The minimum absolute atomic E-state index is 0.316. The van der Waals surface area contributed by atoms with Crippen LogP contribution in [0.15, 0.2) is 0 Å². The van der Waals surface area contributed by atoms with Crippen LogP contribution >= 0.6 is 0 Å². The Morgan fingerprint density at radius 1 is 0.613 bits per heavy atom. The van der Waals surface area contributed by atoms with Crippen molar-refractivity contribution in [3.63, 3.8) is 0 Å². The molecule has 2 fully saturated rings. The van der Waals surface area contributed by atoms with E-state index in [2.05, 4.69) is 6.92 Å². The highest BCUT2D eigenvalue weighted by Crippen LogP contribution is 2.26. The second kappa shape index (κ2) is 13.3. The molecule has 2 saturated heterocycles. The average molecular weight is 455 g/mol. The summed E-state index contributed by atoms with van der Waals surface area (Å²) in [5, 5.41) is 69.3. The zero-order chi connectivity index (χ0) is 23.0. The summed E-state index contributed by atoms with van der Waals surface area (Å²) in [6.07, 6.45) is -7.70. The van der Waals surface area contributed by atoms with Gasteiger partial charge in [-0.2, -0.15) is 0 Å². The minimum atomic E-state index is -1.60. The van der Waals surface area contributed by atoms with Crippen LogP contribution in [0, 0.1) is 0 Å². The summed E-state index contributed by atoms with van der Waals surface area (Å²) in [6, 6.07) is 0. The van der Waals surface area contributed by atoms with Gasteiger partial charge in [0.15, 0.2) is 12.6 Å². The van der Waals surface area contributed by atoms with E-state index in [1.165, 1.54) is 6.42 Å². The van der Waals surface area contributed by atoms with Gasteiger partial charge < -0.3 is 54.7 Å². The van der Waals surface area contributed by atoms with Gasteiger partial charge in [-0.15, -0.1) is 0 Å². The quantitative estimate of drug-likeness (QED) is 0.162. The molecule has 184 valence electrons. The number of hydrogen-bond acceptors (Lipinski definition) is 11. The maximum Gasteiger partial charge on any atom is 0.186 e. The van der Waals surface area contributed by atoms with Gasteiger partial charge in [0, 0.05) is 6.61 Å². The summed E-state index contributed by atoms with van der Waals surface area (Å²) in [5.41, 5.74) is 0. The number of unbranched alkanes of at least 4 members (excludes halogenated alkanes) is 5. The van der Waals surface area contributed by atoms with Crippen molar-refractivity contribution >= 4 is 0 Å². The molecule has 2 aliphatic heterocycles. The summed E-state index contributed by atoms with van der Waals surface area (Å²) in [4.78, 5) is 0. The van der Waals surface area contributed by atoms with Crippen LogP contribution in [0.1, 0.15) is 45.4 Å². The molecule has 11 heteroatoms. The van der Waals surface area contributed by atoms with Gasteiger partial charge in [0.1, 0.15) is 48.8 Å². The Balaban J connectivity index is 1.83. The fourth-order valence-corrected chi connectivity index (χ4v) is 3.67. The first kappa shape index (κ1) is 26.8. The number of aliphatic hydroxyl groups is 7. The van der Waals surface area contributed by atoms with E-state index in [4.69, 9.17) is 18.9 Å². The Hall–Kier alpha value is -0.440. The molecule has 11 nitrogen and oxygen atoms in total. The first-order chi connectivity index (χ1) is 14.8.